The van der Waals surface area contributed by atoms with E-state index in [9.17, 15) is 4.79 Å². The minimum absolute atomic E-state index is 0.170. The fraction of sp³-hybridized carbons (Fsp3) is 0.294. The monoisotopic (exact) mass is 309 g/mol. The number of pyridine rings is 1. The summed E-state index contributed by atoms with van der Waals surface area (Å²) < 4.78 is 1.78. The van der Waals surface area contributed by atoms with Crippen LogP contribution in [0.25, 0.3) is 5.52 Å². The van der Waals surface area contributed by atoms with E-state index < -0.39 is 0 Å². The zero-order valence-electron chi connectivity index (χ0n) is 13.4. The van der Waals surface area contributed by atoms with Crippen LogP contribution in [-0.2, 0) is 12.0 Å². The van der Waals surface area contributed by atoms with Crippen LogP contribution in [0.4, 0.5) is 0 Å². The number of aromatic nitrogens is 4. The molecule has 0 aliphatic heterocycles. The van der Waals surface area contributed by atoms with Crippen LogP contribution >= 0.6 is 0 Å². The predicted octanol–water partition coefficient (Wildman–Crippen LogP) is 2.35. The molecule has 0 saturated heterocycles. The van der Waals surface area contributed by atoms with Crippen molar-refractivity contribution in [3.05, 3.63) is 60.2 Å². The smallest absolute Gasteiger partial charge is 0.287 e. The third-order valence-corrected chi connectivity index (χ3v) is 3.54. The van der Waals surface area contributed by atoms with E-state index in [0.29, 0.717) is 12.4 Å². The molecule has 1 amide bonds. The number of hydrogen-bond acceptors (Lipinski definition) is 4. The molecular formula is C17H19N5O. The number of rotatable bonds is 3. The van der Waals surface area contributed by atoms with E-state index in [-0.39, 0.29) is 11.3 Å². The maximum absolute atomic E-state index is 12.5. The van der Waals surface area contributed by atoms with Gasteiger partial charge < -0.3 is 5.32 Å². The van der Waals surface area contributed by atoms with Gasteiger partial charge in [-0.1, -0.05) is 26.8 Å². The van der Waals surface area contributed by atoms with Gasteiger partial charge in [0.1, 0.15) is 0 Å². The summed E-state index contributed by atoms with van der Waals surface area (Å²) in [7, 11) is 0. The second-order valence-corrected chi connectivity index (χ2v) is 6.41. The zero-order valence-corrected chi connectivity index (χ0v) is 13.4. The summed E-state index contributed by atoms with van der Waals surface area (Å²) in [6.45, 7) is 6.62. The van der Waals surface area contributed by atoms with Crippen molar-refractivity contribution in [2.75, 3.05) is 0 Å². The summed E-state index contributed by atoms with van der Waals surface area (Å²) in [6, 6.07) is 3.76. The molecule has 23 heavy (non-hydrogen) atoms. The van der Waals surface area contributed by atoms with Crippen LogP contribution in [0.1, 0.15) is 42.6 Å². The number of carbonyl (C=O) groups excluding carboxylic acids is 1. The lowest BCUT2D eigenvalue weighted by atomic mass is 9.92. The van der Waals surface area contributed by atoms with E-state index in [2.05, 4.69) is 41.0 Å². The third kappa shape index (κ3) is 3.06. The molecule has 1 N–H and O–H groups in total. The summed E-state index contributed by atoms with van der Waals surface area (Å²) >= 11 is 0. The lowest BCUT2D eigenvalue weighted by molar-refractivity contribution is 0.0939. The Morgan fingerprint density at radius 3 is 2.70 bits per heavy atom. The average molecular weight is 309 g/mol. The Bertz CT molecular complexity index is 833. The molecule has 0 radical (unpaired) electrons. The van der Waals surface area contributed by atoms with Crippen molar-refractivity contribution in [3.8, 4) is 0 Å². The first kappa shape index (κ1) is 15.1. The van der Waals surface area contributed by atoms with Crippen molar-refractivity contribution in [2.45, 2.75) is 32.7 Å². The van der Waals surface area contributed by atoms with E-state index in [1.165, 1.54) is 0 Å². The topological polar surface area (TPSA) is 72.2 Å². The largest absolute Gasteiger partial charge is 0.345 e. The normalized spacial score (nSPS) is 11.6. The van der Waals surface area contributed by atoms with E-state index >= 15 is 0 Å². The Balaban J connectivity index is 1.92. The summed E-state index contributed by atoms with van der Waals surface area (Å²) in [5, 5.41) is 2.89. The van der Waals surface area contributed by atoms with Gasteiger partial charge >= 0.3 is 0 Å². The second-order valence-electron chi connectivity index (χ2n) is 6.41. The van der Waals surface area contributed by atoms with Crippen LogP contribution in [-0.4, -0.2) is 25.3 Å². The summed E-state index contributed by atoms with van der Waals surface area (Å²) in [4.78, 5) is 25.3. The lowest BCUT2D eigenvalue weighted by Gasteiger charge is -2.15. The second kappa shape index (κ2) is 5.79. The average Bonchev–Trinajstić information content (AvgIpc) is 2.93. The predicted molar refractivity (Wildman–Crippen MR) is 87.1 cm³/mol. The lowest BCUT2D eigenvalue weighted by Crippen LogP contribution is -2.25. The molecule has 118 valence electrons. The summed E-state index contributed by atoms with van der Waals surface area (Å²) in [5.41, 5.74) is 2.49. The van der Waals surface area contributed by atoms with Crippen LogP contribution in [0.2, 0.25) is 0 Å². The number of hydrogen-bond donors (Lipinski definition) is 1. The van der Waals surface area contributed by atoms with E-state index in [0.717, 1.165) is 16.8 Å². The minimum atomic E-state index is -0.217. The van der Waals surface area contributed by atoms with Gasteiger partial charge in [-0.2, -0.15) is 0 Å². The molecule has 0 spiro atoms. The first-order valence-corrected chi connectivity index (χ1v) is 7.46. The molecular weight excluding hydrogens is 290 g/mol. The number of carbonyl (C=O) groups is 1. The van der Waals surface area contributed by atoms with Crippen molar-refractivity contribution in [2.24, 2.45) is 0 Å². The number of imidazole rings is 1. The molecule has 0 aliphatic rings. The third-order valence-electron chi connectivity index (χ3n) is 3.54. The Morgan fingerprint density at radius 1 is 1.22 bits per heavy atom. The molecule has 0 saturated carbocycles. The van der Waals surface area contributed by atoms with Crippen molar-refractivity contribution in [1.82, 2.24) is 24.7 Å². The van der Waals surface area contributed by atoms with Crippen molar-refractivity contribution in [1.29, 1.82) is 0 Å². The van der Waals surface area contributed by atoms with Gasteiger partial charge in [-0.25, -0.2) is 4.98 Å². The first-order chi connectivity index (χ1) is 11.0. The number of nitrogens with zero attached hydrogens (tertiary/aromatic N) is 4. The van der Waals surface area contributed by atoms with Crippen LogP contribution in [0, 0.1) is 0 Å². The molecule has 0 atom stereocenters. The molecule has 0 fully saturated rings. The first-order valence-electron chi connectivity index (χ1n) is 7.46. The highest BCUT2D eigenvalue weighted by Gasteiger charge is 2.25. The molecule has 3 heterocycles. The molecule has 0 unspecified atom stereocenters. The maximum Gasteiger partial charge on any atom is 0.287 e. The van der Waals surface area contributed by atoms with Gasteiger partial charge in [0.25, 0.3) is 5.91 Å². The van der Waals surface area contributed by atoms with Crippen molar-refractivity contribution in [3.63, 3.8) is 0 Å². The molecule has 3 aromatic rings. The van der Waals surface area contributed by atoms with Crippen LogP contribution in [0.3, 0.4) is 0 Å². The Hall–Kier alpha value is -2.76. The maximum atomic E-state index is 12.5. The number of amides is 1. The van der Waals surface area contributed by atoms with Crippen molar-refractivity contribution >= 4 is 11.4 Å². The molecule has 3 rings (SSSR count). The van der Waals surface area contributed by atoms with Gasteiger partial charge in [0.2, 0.25) is 5.82 Å². The molecule has 0 aliphatic carbocycles. The van der Waals surface area contributed by atoms with E-state index in [4.69, 9.17) is 0 Å². The zero-order chi connectivity index (χ0) is 16.4. The van der Waals surface area contributed by atoms with Gasteiger partial charge in [0.15, 0.2) is 0 Å². The van der Waals surface area contributed by atoms with Gasteiger partial charge in [-0.3, -0.25) is 19.2 Å². The van der Waals surface area contributed by atoms with Crippen LogP contribution in [0.5, 0.6) is 0 Å². The fourth-order valence-electron chi connectivity index (χ4n) is 2.41. The van der Waals surface area contributed by atoms with E-state index in [1.54, 1.807) is 35.4 Å². The molecule has 6 nitrogen and oxygen atoms in total. The van der Waals surface area contributed by atoms with Gasteiger partial charge in [-0.05, 0) is 11.6 Å². The number of nitrogens with one attached hydrogen (secondary N) is 1. The van der Waals surface area contributed by atoms with Crippen LogP contribution in [0.15, 0.2) is 43.1 Å². The van der Waals surface area contributed by atoms with Crippen LogP contribution < -0.4 is 5.32 Å². The molecule has 0 aromatic carbocycles. The van der Waals surface area contributed by atoms with E-state index in [1.807, 2.05) is 12.1 Å². The minimum Gasteiger partial charge on any atom is -0.345 e. The Labute approximate surface area is 134 Å². The summed E-state index contributed by atoms with van der Waals surface area (Å²) in [5.74, 6) is 0.154. The standard InChI is InChI=1S/C17H19N5O/c1-17(2,3)14-13-11-19-7-8-22(13)15(21-14)16(23)20-10-12-5-4-6-18-9-12/h4-9,11H,10H2,1-3H3,(H,20,23). The highest BCUT2D eigenvalue weighted by molar-refractivity contribution is 5.92. The molecule has 6 heteroatoms. The number of fused-ring (bicyclic) bond motifs is 1. The Kier molecular flexibility index (Phi) is 3.82. The molecule has 3 aromatic heterocycles. The quantitative estimate of drug-likeness (QED) is 0.806. The Morgan fingerprint density at radius 2 is 2.00 bits per heavy atom. The molecule has 0 bridgehead atoms. The fourth-order valence-corrected chi connectivity index (χ4v) is 2.41. The SMILES string of the molecule is CC(C)(C)c1nc(C(=O)NCc2cccnc2)n2ccncc12. The highest BCUT2D eigenvalue weighted by Crippen LogP contribution is 2.26. The summed E-state index contributed by atoms with van der Waals surface area (Å²) in [6.07, 6.45) is 8.59. The van der Waals surface area contributed by atoms with Gasteiger partial charge in [0.05, 0.1) is 17.4 Å². The van der Waals surface area contributed by atoms with Gasteiger partial charge in [0, 0.05) is 36.7 Å². The van der Waals surface area contributed by atoms with Gasteiger partial charge in [-0.15, -0.1) is 0 Å². The highest BCUT2D eigenvalue weighted by atomic mass is 16.2. The van der Waals surface area contributed by atoms with Crippen molar-refractivity contribution < 1.29 is 4.79 Å².